The van der Waals surface area contributed by atoms with Crippen LogP contribution in [-0.2, 0) is 4.79 Å². The molecular formula is C13H16INO. The van der Waals surface area contributed by atoms with E-state index in [4.69, 9.17) is 0 Å². The third-order valence-electron chi connectivity index (χ3n) is 4.69. The molecule has 0 radical (unpaired) electrons. The first kappa shape index (κ1) is 10.9. The van der Waals surface area contributed by atoms with E-state index in [1.165, 1.54) is 32.1 Å². The van der Waals surface area contributed by atoms with Crippen LogP contribution in [0.4, 0.5) is 0 Å². The van der Waals surface area contributed by atoms with Crippen LogP contribution in [0.3, 0.4) is 0 Å². The molecule has 2 nitrogen and oxygen atoms in total. The Morgan fingerprint density at radius 1 is 1.06 bits per heavy atom. The molecule has 0 unspecified atom stereocenters. The summed E-state index contributed by atoms with van der Waals surface area (Å²) in [4.78, 5) is 11.5. The highest BCUT2D eigenvalue weighted by atomic mass is 127. The monoisotopic (exact) mass is 329 g/mol. The Morgan fingerprint density at radius 2 is 1.62 bits per heavy atom. The highest BCUT2D eigenvalue weighted by Gasteiger charge is 2.48. The lowest BCUT2D eigenvalue weighted by Gasteiger charge is -2.54. The molecule has 4 aliphatic carbocycles. The van der Waals surface area contributed by atoms with E-state index >= 15 is 0 Å². The molecule has 86 valence electrons. The lowest BCUT2D eigenvalue weighted by molar-refractivity contribution is -0.119. The van der Waals surface area contributed by atoms with Crippen LogP contribution >= 0.6 is 22.6 Å². The van der Waals surface area contributed by atoms with E-state index in [1.54, 1.807) is 0 Å². The second kappa shape index (κ2) is 4.21. The molecule has 4 fully saturated rings. The molecule has 4 rings (SSSR count). The van der Waals surface area contributed by atoms with Gasteiger partial charge in [-0.2, -0.15) is 0 Å². The predicted molar refractivity (Wildman–Crippen MR) is 70.8 cm³/mol. The minimum Gasteiger partial charge on any atom is -0.342 e. The molecule has 3 heteroatoms. The van der Waals surface area contributed by atoms with Crippen molar-refractivity contribution in [2.24, 2.45) is 23.7 Å². The van der Waals surface area contributed by atoms with Gasteiger partial charge in [0.25, 0.3) is 5.91 Å². The van der Waals surface area contributed by atoms with Crippen molar-refractivity contribution >= 4 is 28.5 Å². The van der Waals surface area contributed by atoms with Crippen molar-refractivity contribution in [3.8, 4) is 9.85 Å². The molecule has 4 aliphatic rings. The Hall–Kier alpha value is -0.240. The van der Waals surface area contributed by atoms with E-state index in [1.807, 2.05) is 22.6 Å². The van der Waals surface area contributed by atoms with Crippen LogP contribution in [0.15, 0.2) is 0 Å². The van der Waals surface area contributed by atoms with Gasteiger partial charge in [0.1, 0.15) is 0 Å². The quantitative estimate of drug-likeness (QED) is 0.581. The molecule has 1 amide bonds. The Morgan fingerprint density at radius 3 is 2.12 bits per heavy atom. The van der Waals surface area contributed by atoms with Crippen molar-refractivity contribution in [3.05, 3.63) is 0 Å². The first-order chi connectivity index (χ1) is 7.76. The zero-order valence-corrected chi connectivity index (χ0v) is 11.4. The maximum atomic E-state index is 11.5. The standard InChI is InChI=1S/C13H16INO/c14-2-1-12(16)15-13-10-4-8-3-9(6-10)7-11(13)5-8/h8-11,13H,3-7H2,(H,15,16). The Kier molecular flexibility index (Phi) is 2.87. The molecule has 0 heterocycles. The van der Waals surface area contributed by atoms with Gasteiger partial charge in [-0.3, -0.25) is 4.79 Å². The van der Waals surface area contributed by atoms with Crippen LogP contribution in [0.1, 0.15) is 32.1 Å². The van der Waals surface area contributed by atoms with Gasteiger partial charge in [0.15, 0.2) is 0 Å². The van der Waals surface area contributed by atoms with Crippen LogP contribution in [0.25, 0.3) is 0 Å². The van der Waals surface area contributed by atoms with E-state index in [2.05, 4.69) is 15.2 Å². The number of nitrogens with one attached hydrogen (secondary N) is 1. The fourth-order valence-corrected chi connectivity index (χ4v) is 4.64. The predicted octanol–water partition coefficient (Wildman–Crippen LogP) is 2.32. The summed E-state index contributed by atoms with van der Waals surface area (Å²) in [6.45, 7) is 0. The summed E-state index contributed by atoms with van der Waals surface area (Å²) in [7, 11) is 0. The molecular weight excluding hydrogens is 313 g/mol. The Bertz CT molecular complexity index is 340. The van der Waals surface area contributed by atoms with Crippen molar-refractivity contribution in [3.63, 3.8) is 0 Å². The van der Waals surface area contributed by atoms with Gasteiger partial charge in [0.05, 0.1) is 0 Å². The van der Waals surface area contributed by atoms with Gasteiger partial charge in [-0.25, -0.2) is 0 Å². The van der Waals surface area contributed by atoms with Crippen molar-refractivity contribution in [2.45, 2.75) is 38.1 Å². The summed E-state index contributed by atoms with van der Waals surface area (Å²) in [5.41, 5.74) is 0. The van der Waals surface area contributed by atoms with Gasteiger partial charge in [-0.15, -0.1) is 0 Å². The minimum absolute atomic E-state index is 0.0770. The Labute approximate surface area is 110 Å². The molecule has 0 aromatic heterocycles. The average Bonchev–Trinajstić information content (AvgIpc) is 2.23. The van der Waals surface area contributed by atoms with Crippen molar-refractivity contribution in [1.29, 1.82) is 0 Å². The van der Waals surface area contributed by atoms with Gasteiger partial charge in [0, 0.05) is 34.6 Å². The molecule has 0 aromatic rings. The van der Waals surface area contributed by atoms with Gasteiger partial charge in [-0.05, 0) is 59.7 Å². The van der Waals surface area contributed by atoms with E-state index in [0.29, 0.717) is 6.04 Å². The van der Waals surface area contributed by atoms with E-state index < -0.39 is 0 Å². The van der Waals surface area contributed by atoms with Gasteiger partial charge < -0.3 is 5.32 Å². The fourth-order valence-electron chi connectivity index (χ4n) is 4.39. The summed E-state index contributed by atoms with van der Waals surface area (Å²) >= 11 is 1.92. The number of rotatable bonds is 1. The van der Waals surface area contributed by atoms with Crippen LogP contribution in [0.5, 0.6) is 0 Å². The third kappa shape index (κ3) is 1.85. The lowest BCUT2D eigenvalue weighted by atomic mass is 9.54. The highest BCUT2D eigenvalue weighted by molar-refractivity contribution is 14.1. The van der Waals surface area contributed by atoms with E-state index in [-0.39, 0.29) is 5.91 Å². The largest absolute Gasteiger partial charge is 0.342 e. The van der Waals surface area contributed by atoms with Crippen LogP contribution in [0, 0.1) is 33.5 Å². The molecule has 0 saturated heterocycles. The molecule has 4 saturated carbocycles. The number of hydrogen-bond acceptors (Lipinski definition) is 1. The smallest absolute Gasteiger partial charge is 0.296 e. The van der Waals surface area contributed by atoms with E-state index in [0.717, 1.165) is 23.7 Å². The number of hydrogen-bond donors (Lipinski definition) is 1. The normalized spacial score (nSPS) is 43.7. The second-order valence-corrected chi connectivity index (χ2v) is 6.19. The number of halogens is 1. The summed E-state index contributed by atoms with van der Waals surface area (Å²) in [6.07, 6.45) is 6.83. The van der Waals surface area contributed by atoms with E-state index in [9.17, 15) is 4.79 Å². The molecule has 16 heavy (non-hydrogen) atoms. The number of carbonyl (C=O) groups is 1. The maximum Gasteiger partial charge on any atom is 0.296 e. The molecule has 1 N–H and O–H groups in total. The highest BCUT2D eigenvalue weighted by Crippen LogP contribution is 2.53. The Balaban J connectivity index is 1.71. The van der Waals surface area contributed by atoms with Crippen LogP contribution < -0.4 is 5.32 Å². The zero-order valence-electron chi connectivity index (χ0n) is 9.21. The summed E-state index contributed by atoms with van der Waals surface area (Å²) in [5.74, 6) is 5.94. The summed E-state index contributed by atoms with van der Waals surface area (Å²) in [6, 6.07) is 0.428. The second-order valence-electron chi connectivity index (χ2n) is 5.65. The van der Waals surface area contributed by atoms with Crippen molar-refractivity contribution < 1.29 is 4.79 Å². The maximum absolute atomic E-state index is 11.5. The third-order valence-corrected chi connectivity index (χ3v) is 4.95. The summed E-state index contributed by atoms with van der Waals surface area (Å²) in [5, 5.41) is 3.15. The summed E-state index contributed by atoms with van der Waals surface area (Å²) < 4.78 is 2.65. The van der Waals surface area contributed by atoms with Gasteiger partial charge in [-0.1, -0.05) is 0 Å². The first-order valence-electron chi connectivity index (χ1n) is 6.18. The SMILES string of the molecule is O=C(C#CI)NC1C2CC3CC(C2)CC1C3. The first-order valence-corrected chi connectivity index (χ1v) is 7.26. The van der Waals surface area contributed by atoms with Crippen LogP contribution in [-0.4, -0.2) is 11.9 Å². The number of carbonyl (C=O) groups excluding carboxylic acids is 1. The van der Waals surface area contributed by atoms with Gasteiger partial charge in [0.2, 0.25) is 0 Å². The number of amides is 1. The lowest BCUT2D eigenvalue weighted by Crippen LogP contribution is -2.55. The molecule has 0 aromatic carbocycles. The van der Waals surface area contributed by atoms with Crippen molar-refractivity contribution in [1.82, 2.24) is 5.32 Å². The average molecular weight is 329 g/mol. The van der Waals surface area contributed by atoms with Gasteiger partial charge >= 0.3 is 0 Å². The molecule has 0 atom stereocenters. The molecule has 0 aliphatic heterocycles. The van der Waals surface area contributed by atoms with Crippen molar-refractivity contribution in [2.75, 3.05) is 0 Å². The molecule has 0 spiro atoms. The minimum atomic E-state index is -0.0770. The topological polar surface area (TPSA) is 29.1 Å². The zero-order chi connectivity index (χ0) is 11.1. The van der Waals surface area contributed by atoms with Crippen LogP contribution in [0.2, 0.25) is 0 Å². The fraction of sp³-hybridized carbons (Fsp3) is 0.769. The molecule has 4 bridgehead atoms.